The van der Waals surface area contributed by atoms with Crippen LogP contribution in [-0.4, -0.2) is 49.6 Å². The van der Waals surface area contributed by atoms with Gasteiger partial charge in [0.05, 0.1) is 24.1 Å². The summed E-state index contributed by atoms with van der Waals surface area (Å²) in [6, 6.07) is 7.09. The Hall–Kier alpha value is -2.50. The Labute approximate surface area is 185 Å². The van der Waals surface area contributed by atoms with E-state index in [2.05, 4.69) is 25.9 Å². The zero-order chi connectivity index (χ0) is 19.9. The summed E-state index contributed by atoms with van der Waals surface area (Å²) in [5, 5.41) is 8.90. The number of carbonyl (C=O) groups is 1. The fourth-order valence-corrected chi connectivity index (χ4v) is 3.03. The highest BCUT2D eigenvalue weighted by Crippen LogP contribution is 2.24. The maximum atomic E-state index is 14.0. The minimum Gasteiger partial charge on any atom is -0.367 e. The minimum absolute atomic E-state index is 0. The summed E-state index contributed by atoms with van der Waals surface area (Å²) in [7, 11) is 1.61. The summed E-state index contributed by atoms with van der Waals surface area (Å²) >= 11 is 0. The first-order chi connectivity index (χ1) is 13.5. The van der Waals surface area contributed by atoms with Gasteiger partial charge in [-0.3, -0.25) is 14.8 Å². The Kier molecular flexibility index (Phi) is 8.55. The third-order valence-corrected chi connectivity index (χ3v) is 4.36. The van der Waals surface area contributed by atoms with E-state index < -0.39 is 11.6 Å². The quantitative estimate of drug-likeness (QED) is 0.323. The molecule has 10 heteroatoms. The van der Waals surface area contributed by atoms with Gasteiger partial charge in [-0.15, -0.1) is 24.0 Å². The molecule has 0 saturated carbocycles. The summed E-state index contributed by atoms with van der Waals surface area (Å²) < 4.78 is 27.0. The first kappa shape index (κ1) is 22.8. The maximum absolute atomic E-state index is 14.0. The van der Waals surface area contributed by atoms with E-state index in [0.29, 0.717) is 30.4 Å². The lowest BCUT2D eigenvalue weighted by Crippen LogP contribution is -2.46. The minimum atomic E-state index is -0.593. The third kappa shape index (κ3) is 6.51. The standard InChI is InChI=1S/C19H22F2N6O.HI/c1-22-19(24-11-18(28)25-14-3-2-7-23-10-14)26-15-6-8-27(12-15)17-5-4-13(20)9-16(17)21;/h2-5,7,9-10,15H,6,8,11-12H2,1H3,(H,25,28)(H2,22,24,26);1H. The third-order valence-electron chi connectivity index (χ3n) is 4.36. The van der Waals surface area contributed by atoms with Crippen molar-refractivity contribution in [2.75, 3.05) is 36.9 Å². The van der Waals surface area contributed by atoms with Crippen LogP contribution in [0.5, 0.6) is 0 Å². The van der Waals surface area contributed by atoms with Gasteiger partial charge in [0, 0.05) is 38.4 Å². The predicted molar refractivity (Wildman–Crippen MR) is 120 cm³/mol. The number of hydrogen-bond acceptors (Lipinski definition) is 4. The molecule has 7 nitrogen and oxygen atoms in total. The first-order valence-electron chi connectivity index (χ1n) is 8.92. The molecule has 2 aromatic rings. The molecule has 3 rings (SSSR count). The second kappa shape index (κ2) is 10.9. The van der Waals surface area contributed by atoms with E-state index in [1.807, 2.05) is 4.90 Å². The average Bonchev–Trinajstić information content (AvgIpc) is 3.14. The lowest BCUT2D eigenvalue weighted by Gasteiger charge is -2.21. The molecule has 0 radical (unpaired) electrons. The van der Waals surface area contributed by atoms with Crippen molar-refractivity contribution in [2.24, 2.45) is 4.99 Å². The molecule has 1 unspecified atom stereocenters. The average molecular weight is 516 g/mol. The Morgan fingerprint density at radius 1 is 1.34 bits per heavy atom. The maximum Gasteiger partial charge on any atom is 0.243 e. The molecule has 1 aromatic heterocycles. The van der Waals surface area contributed by atoms with Crippen LogP contribution in [-0.2, 0) is 4.79 Å². The van der Waals surface area contributed by atoms with Crippen molar-refractivity contribution in [2.45, 2.75) is 12.5 Å². The number of amides is 1. The molecular formula is C19H23F2IN6O. The second-order valence-corrected chi connectivity index (χ2v) is 6.39. The van der Waals surface area contributed by atoms with Gasteiger partial charge in [-0.2, -0.15) is 0 Å². The Bertz CT molecular complexity index is 852. The summed E-state index contributed by atoms with van der Waals surface area (Å²) in [5.74, 6) is -0.912. The fraction of sp³-hybridized carbons (Fsp3) is 0.316. The highest BCUT2D eigenvalue weighted by atomic mass is 127. The zero-order valence-corrected chi connectivity index (χ0v) is 18.2. The van der Waals surface area contributed by atoms with E-state index in [1.54, 1.807) is 31.6 Å². The van der Waals surface area contributed by atoms with Crippen LogP contribution in [0.3, 0.4) is 0 Å². The molecule has 1 saturated heterocycles. The number of benzene rings is 1. The molecule has 1 aliphatic rings. The highest BCUT2D eigenvalue weighted by molar-refractivity contribution is 14.0. The van der Waals surface area contributed by atoms with Crippen molar-refractivity contribution in [1.29, 1.82) is 0 Å². The number of pyridine rings is 1. The number of nitrogens with zero attached hydrogens (tertiary/aromatic N) is 3. The largest absolute Gasteiger partial charge is 0.367 e. The summed E-state index contributed by atoms with van der Waals surface area (Å²) in [6.07, 6.45) is 3.95. The van der Waals surface area contributed by atoms with E-state index in [0.717, 1.165) is 12.5 Å². The fourth-order valence-electron chi connectivity index (χ4n) is 3.03. The van der Waals surface area contributed by atoms with Crippen LogP contribution >= 0.6 is 24.0 Å². The van der Waals surface area contributed by atoms with Gasteiger partial charge < -0.3 is 20.9 Å². The summed E-state index contributed by atoms with van der Waals surface area (Å²) in [5.41, 5.74) is 0.995. The molecule has 0 aliphatic carbocycles. The van der Waals surface area contributed by atoms with Gasteiger partial charge in [-0.25, -0.2) is 8.78 Å². The topological polar surface area (TPSA) is 81.6 Å². The van der Waals surface area contributed by atoms with Crippen molar-refractivity contribution in [1.82, 2.24) is 15.6 Å². The van der Waals surface area contributed by atoms with E-state index >= 15 is 0 Å². The number of anilines is 2. The van der Waals surface area contributed by atoms with Crippen LogP contribution in [0.4, 0.5) is 20.2 Å². The normalized spacial score (nSPS) is 16.2. The number of carbonyl (C=O) groups excluding carboxylic acids is 1. The number of halogens is 3. The summed E-state index contributed by atoms with van der Waals surface area (Å²) in [6.45, 7) is 1.22. The molecule has 0 spiro atoms. The van der Waals surface area contributed by atoms with Gasteiger partial charge >= 0.3 is 0 Å². The van der Waals surface area contributed by atoms with E-state index in [4.69, 9.17) is 0 Å². The van der Waals surface area contributed by atoms with Crippen molar-refractivity contribution < 1.29 is 13.6 Å². The van der Waals surface area contributed by atoms with E-state index in [-0.39, 0.29) is 42.5 Å². The van der Waals surface area contributed by atoms with Gasteiger partial charge in [0.15, 0.2) is 5.96 Å². The molecule has 2 heterocycles. The van der Waals surface area contributed by atoms with Crippen LogP contribution in [0.15, 0.2) is 47.7 Å². The number of hydrogen-bond donors (Lipinski definition) is 3. The number of rotatable bonds is 5. The van der Waals surface area contributed by atoms with Crippen molar-refractivity contribution in [3.63, 3.8) is 0 Å². The van der Waals surface area contributed by atoms with Crippen LogP contribution in [0.1, 0.15) is 6.42 Å². The van der Waals surface area contributed by atoms with Crippen LogP contribution in [0.25, 0.3) is 0 Å². The van der Waals surface area contributed by atoms with Gasteiger partial charge in [0.1, 0.15) is 11.6 Å². The van der Waals surface area contributed by atoms with E-state index in [9.17, 15) is 13.6 Å². The lowest BCUT2D eigenvalue weighted by atomic mass is 10.2. The number of nitrogens with one attached hydrogen (secondary N) is 3. The van der Waals surface area contributed by atoms with Crippen LogP contribution < -0.4 is 20.9 Å². The predicted octanol–water partition coefficient (Wildman–Crippen LogP) is 2.36. The number of aromatic nitrogens is 1. The molecule has 156 valence electrons. The molecule has 1 fully saturated rings. The van der Waals surface area contributed by atoms with Gasteiger partial charge in [0.25, 0.3) is 0 Å². The lowest BCUT2D eigenvalue weighted by molar-refractivity contribution is -0.115. The molecule has 0 bridgehead atoms. The molecule has 3 N–H and O–H groups in total. The van der Waals surface area contributed by atoms with Gasteiger partial charge in [0.2, 0.25) is 5.91 Å². The van der Waals surface area contributed by atoms with Crippen molar-refractivity contribution >= 4 is 47.2 Å². The molecular weight excluding hydrogens is 493 g/mol. The highest BCUT2D eigenvalue weighted by Gasteiger charge is 2.25. The molecule has 1 amide bonds. The molecule has 1 atom stereocenters. The molecule has 29 heavy (non-hydrogen) atoms. The van der Waals surface area contributed by atoms with Gasteiger partial charge in [-0.05, 0) is 30.7 Å². The first-order valence-corrected chi connectivity index (χ1v) is 8.92. The summed E-state index contributed by atoms with van der Waals surface area (Å²) in [4.78, 5) is 21.9. The van der Waals surface area contributed by atoms with Crippen LogP contribution in [0.2, 0.25) is 0 Å². The Morgan fingerprint density at radius 3 is 2.86 bits per heavy atom. The van der Waals surface area contributed by atoms with Crippen molar-refractivity contribution in [3.05, 3.63) is 54.4 Å². The monoisotopic (exact) mass is 516 g/mol. The number of guanidine groups is 1. The number of aliphatic imine (C=N–C) groups is 1. The Morgan fingerprint density at radius 2 is 2.17 bits per heavy atom. The van der Waals surface area contributed by atoms with Crippen molar-refractivity contribution in [3.8, 4) is 0 Å². The Balaban J connectivity index is 0.00000300. The molecule has 1 aromatic carbocycles. The van der Waals surface area contributed by atoms with E-state index in [1.165, 1.54) is 12.1 Å². The van der Waals surface area contributed by atoms with Gasteiger partial charge in [-0.1, -0.05) is 0 Å². The molecule has 1 aliphatic heterocycles. The second-order valence-electron chi connectivity index (χ2n) is 6.39. The SMILES string of the molecule is CN=C(NCC(=O)Nc1cccnc1)NC1CCN(c2ccc(F)cc2F)C1.I. The zero-order valence-electron chi connectivity index (χ0n) is 15.9. The smallest absolute Gasteiger partial charge is 0.243 e. The van der Waals surface area contributed by atoms with Crippen LogP contribution in [0, 0.1) is 11.6 Å².